The molecule has 0 aromatic carbocycles. The second-order valence-corrected chi connectivity index (χ2v) is 7.30. The molecule has 1 aliphatic heterocycles. The SMILES string of the molecule is Cc1cccnc1CN(Cc1ncccc1C)CC1CN(CC(=O)NO)C1. The molecule has 2 N–H and O–H groups in total. The number of aromatic nitrogens is 2. The van der Waals surface area contributed by atoms with Crippen molar-refractivity contribution in [3.63, 3.8) is 0 Å². The zero-order valence-corrected chi connectivity index (χ0v) is 15.9. The van der Waals surface area contributed by atoms with Gasteiger partial charge in [-0.15, -0.1) is 0 Å². The minimum Gasteiger partial charge on any atom is -0.294 e. The molecule has 0 saturated carbocycles. The lowest BCUT2D eigenvalue weighted by Gasteiger charge is -2.41. The van der Waals surface area contributed by atoms with Crippen molar-refractivity contribution in [2.45, 2.75) is 26.9 Å². The predicted molar refractivity (Wildman–Crippen MR) is 102 cm³/mol. The van der Waals surface area contributed by atoms with Gasteiger partial charge in [-0.1, -0.05) is 12.1 Å². The fraction of sp³-hybridized carbons (Fsp3) is 0.450. The van der Waals surface area contributed by atoms with Gasteiger partial charge in [0.15, 0.2) is 0 Å². The number of nitrogens with zero attached hydrogens (tertiary/aromatic N) is 4. The van der Waals surface area contributed by atoms with Crippen LogP contribution in [0.4, 0.5) is 0 Å². The highest BCUT2D eigenvalue weighted by Gasteiger charge is 2.30. The summed E-state index contributed by atoms with van der Waals surface area (Å²) in [5.41, 5.74) is 6.24. The Hall–Kier alpha value is -2.35. The van der Waals surface area contributed by atoms with E-state index in [1.165, 1.54) is 11.1 Å². The third-order valence-electron chi connectivity index (χ3n) is 5.02. The second kappa shape index (κ2) is 9.03. The normalized spacial score (nSPS) is 15.0. The number of hydroxylamine groups is 1. The molecule has 1 aliphatic rings. The molecule has 1 fully saturated rings. The van der Waals surface area contributed by atoms with Gasteiger partial charge in [-0.2, -0.15) is 0 Å². The zero-order valence-electron chi connectivity index (χ0n) is 15.9. The molecular weight excluding hydrogens is 342 g/mol. The number of aryl methyl sites for hydroxylation is 2. The summed E-state index contributed by atoms with van der Waals surface area (Å²) in [5, 5.41) is 8.65. The Morgan fingerprint density at radius 3 is 2.19 bits per heavy atom. The van der Waals surface area contributed by atoms with E-state index in [9.17, 15) is 4.79 Å². The van der Waals surface area contributed by atoms with Crippen molar-refractivity contribution in [1.29, 1.82) is 0 Å². The number of carbonyl (C=O) groups excluding carboxylic acids is 1. The van der Waals surface area contributed by atoms with E-state index in [-0.39, 0.29) is 12.5 Å². The molecule has 1 amide bonds. The maximum Gasteiger partial charge on any atom is 0.257 e. The monoisotopic (exact) mass is 369 g/mol. The van der Waals surface area contributed by atoms with Gasteiger partial charge in [0, 0.05) is 45.1 Å². The molecule has 27 heavy (non-hydrogen) atoms. The molecule has 144 valence electrons. The molecule has 0 unspecified atom stereocenters. The van der Waals surface area contributed by atoms with Crippen molar-refractivity contribution in [2.75, 3.05) is 26.2 Å². The first-order valence-corrected chi connectivity index (χ1v) is 9.23. The Labute approximate surface area is 160 Å². The molecular formula is C20H27N5O2. The first-order chi connectivity index (χ1) is 13.0. The third-order valence-corrected chi connectivity index (χ3v) is 5.02. The molecule has 2 aromatic rings. The smallest absolute Gasteiger partial charge is 0.257 e. The Morgan fingerprint density at radius 2 is 1.70 bits per heavy atom. The number of hydrogen-bond donors (Lipinski definition) is 2. The molecule has 0 radical (unpaired) electrons. The van der Waals surface area contributed by atoms with Crippen LogP contribution in [0, 0.1) is 19.8 Å². The summed E-state index contributed by atoms with van der Waals surface area (Å²) in [5.74, 6) is 0.128. The van der Waals surface area contributed by atoms with E-state index >= 15 is 0 Å². The predicted octanol–water partition coefficient (Wildman–Crippen LogP) is 1.53. The van der Waals surface area contributed by atoms with Crippen LogP contribution in [0.25, 0.3) is 0 Å². The van der Waals surface area contributed by atoms with E-state index in [1.54, 1.807) is 5.48 Å². The number of likely N-dealkylation sites (tertiary alicyclic amines) is 1. The van der Waals surface area contributed by atoms with E-state index in [0.717, 1.165) is 44.1 Å². The van der Waals surface area contributed by atoms with Gasteiger partial charge in [0.1, 0.15) is 0 Å². The van der Waals surface area contributed by atoms with Crippen molar-refractivity contribution < 1.29 is 10.0 Å². The summed E-state index contributed by atoms with van der Waals surface area (Å²) < 4.78 is 0. The third kappa shape index (κ3) is 5.32. The summed E-state index contributed by atoms with van der Waals surface area (Å²) in [4.78, 5) is 24.8. The fourth-order valence-corrected chi connectivity index (χ4v) is 3.50. The van der Waals surface area contributed by atoms with Crippen LogP contribution in [0.15, 0.2) is 36.7 Å². The molecule has 2 aromatic heterocycles. The van der Waals surface area contributed by atoms with Crippen molar-refractivity contribution in [1.82, 2.24) is 25.2 Å². The van der Waals surface area contributed by atoms with Gasteiger partial charge < -0.3 is 0 Å². The molecule has 0 bridgehead atoms. The van der Waals surface area contributed by atoms with Crippen LogP contribution in [0.3, 0.4) is 0 Å². The summed E-state index contributed by atoms with van der Waals surface area (Å²) in [6.45, 7) is 8.59. The quantitative estimate of drug-likeness (QED) is 0.543. The van der Waals surface area contributed by atoms with Gasteiger partial charge in [-0.3, -0.25) is 29.8 Å². The highest BCUT2D eigenvalue weighted by molar-refractivity contribution is 5.76. The number of hydrogen-bond acceptors (Lipinski definition) is 6. The topological polar surface area (TPSA) is 81.6 Å². The molecule has 7 heteroatoms. The van der Waals surface area contributed by atoms with E-state index in [0.29, 0.717) is 5.92 Å². The average molecular weight is 369 g/mol. The van der Waals surface area contributed by atoms with Crippen LogP contribution in [0.1, 0.15) is 22.5 Å². The lowest BCUT2D eigenvalue weighted by atomic mass is 9.99. The number of pyridine rings is 2. The number of nitrogens with one attached hydrogen (secondary N) is 1. The van der Waals surface area contributed by atoms with Gasteiger partial charge in [0.25, 0.3) is 5.91 Å². The van der Waals surface area contributed by atoms with Crippen LogP contribution in [0.2, 0.25) is 0 Å². The van der Waals surface area contributed by atoms with Crippen LogP contribution >= 0.6 is 0 Å². The molecule has 7 nitrogen and oxygen atoms in total. The molecule has 0 spiro atoms. The van der Waals surface area contributed by atoms with Crippen LogP contribution in [-0.4, -0.2) is 57.1 Å². The highest BCUT2D eigenvalue weighted by Crippen LogP contribution is 2.20. The van der Waals surface area contributed by atoms with Crippen LogP contribution in [0.5, 0.6) is 0 Å². The number of amides is 1. The zero-order chi connectivity index (χ0) is 19.2. The minimum absolute atomic E-state index is 0.242. The fourth-order valence-electron chi connectivity index (χ4n) is 3.50. The maximum absolute atomic E-state index is 11.3. The van der Waals surface area contributed by atoms with Gasteiger partial charge in [0.2, 0.25) is 0 Å². The van der Waals surface area contributed by atoms with E-state index in [2.05, 4.69) is 40.8 Å². The van der Waals surface area contributed by atoms with E-state index < -0.39 is 0 Å². The minimum atomic E-state index is -0.362. The number of carbonyl (C=O) groups is 1. The van der Waals surface area contributed by atoms with Crippen molar-refractivity contribution >= 4 is 5.91 Å². The van der Waals surface area contributed by atoms with Crippen molar-refractivity contribution in [3.8, 4) is 0 Å². The largest absolute Gasteiger partial charge is 0.294 e. The lowest BCUT2D eigenvalue weighted by molar-refractivity contribution is -0.132. The van der Waals surface area contributed by atoms with Gasteiger partial charge in [-0.25, -0.2) is 5.48 Å². The van der Waals surface area contributed by atoms with Gasteiger partial charge in [-0.05, 0) is 43.0 Å². The van der Waals surface area contributed by atoms with E-state index in [1.807, 2.05) is 29.4 Å². The Balaban J connectivity index is 1.64. The van der Waals surface area contributed by atoms with Crippen molar-refractivity contribution in [3.05, 3.63) is 59.2 Å². The van der Waals surface area contributed by atoms with E-state index in [4.69, 9.17) is 5.21 Å². The summed E-state index contributed by atoms with van der Waals surface area (Å²) in [7, 11) is 0. The van der Waals surface area contributed by atoms with Gasteiger partial charge in [0.05, 0.1) is 17.9 Å². The molecule has 3 heterocycles. The Morgan fingerprint density at radius 1 is 1.15 bits per heavy atom. The summed E-state index contributed by atoms with van der Waals surface area (Å²) in [6, 6.07) is 8.10. The summed E-state index contributed by atoms with van der Waals surface area (Å²) in [6.07, 6.45) is 3.68. The average Bonchev–Trinajstić information content (AvgIpc) is 2.63. The molecule has 1 saturated heterocycles. The highest BCUT2D eigenvalue weighted by atomic mass is 16.5. The Bertz CT molecular complexity index is 729. The van der Waals surface area contributed by atoms with Crippen LogP contribution in [-0.2, 0) is 17.9 Å². The standard InChI is InChI=1S/C20H27N5O2/c1-15-5-3-7-21-18(15)12-25(13-19-16(2)6-4-8-22-19)11-17-9-24(10-17)14-20(26)23-27/h3-8,17,27H,9-14H2,1-2H3,(H,23,26). The molecule has 0 aliphatic carbocycles. The number of rotatable bonds is 8. The Kier molecular flexibility index (Phi) is 6.49. The maximum atomic E-state index is 11.3. The first-order valence-electron chi connectivity index (χ1n) is 9.23. The second-order valence-electron chi connectivity index (χ2n) is 7.30. The molecule has 3 rings (SSSR count). The molecule has 0 atom stereocenters. The first kappa shape index (κ1) is 19.4. The summed E-state index contributed by atoms with van der Waals surface area (Å²) >= 11 is 0. The van der Waals surface area contributed by atoms with Gasteiger partial charge >= 0.3 is 0 Å². The lowest BCUT2D eigenvalue weighted by Crippen LogP contribution is -2.53. The van der Waals surface area contributed by atoms with Crippen LogP contribution < -0.4 is 5.48 Å². The van der Waals surface area contributed by atoms with Crippen molar-refractivity contribution in [2.24, 2.45) is 5.92 Å².